The standard InChI is InChI=1S/C16H16O2S/c1-18-15(17)11-13-9-5-6-10-14(13)16(19)12-7-3-2-4-8-12/h2-10,16,19H,11H2,1H3. The molecule has 0 spiro atoms. The Hall–Kier alpha value is -1.74. The molecular weight excluding hydrogens is 256 g/mol. The minimum absolute atomic E-state index is 0.0398. The van der Waals surface area contributed by atoms with Gasteiger partial charge in [-0.05, 0) is 16.7 Å². The highest BCUT2D eigenvalue weighted by atomic mass is 32.1. The number of esters is 1. The van der Waals surface area contributed by atoms with Crippen LogP contribution in [0.5, 0.6) is 0 Å². The van der Waals surface area contributed by atoms with Crippen molar-refractivity contribution < 1.29 is 9.53 Å². The molecule has 3 heteroatoms. The van der Waals surface area contributed by atoms with Gasteiger partial charge in [0, 0.05) is 0 Å². The molecule has 0 heterocycles. The summed E-state index contributed by atoms with van der Waals surface area (Å²) in [6.45, 7) is 0. The normalized spacial score (nSPS) is 11.9. The van der Waals surface area contributed by atoms with Crippen molar-refractivity contribution in [2.45, 2.75) is 11.7 Å². The zero-order valence-corrected chi connectivity index (χ0v) is 11.6. The van der Waals surface area contributed by atoms with Gasteiger partial charge in [0.05, 0.1) is 18.8 Å². The van der Waals surface area contributed by atoms with Crippen molar-refractivity contribution in [3.63, 3.8) is 0 Å². The number of ether oxygens (including phenoxy) is 1. The number of benzene rings is 2. The highest BCUT2D eigenvalue weighted by Crippen LogP contribution is 2.30. The highest BCUT2D eigenvalue weighted by Gasteiger charge is 2.15. The summed E-state index contributed by atoms with van der Waals surface area (Å²) in [6, 6.07) is 17.9. The Morgan fingerprint density at radius 2 is 1.74 bits per heavy atom. The van der Waals surface area contributed by atoms with Gasteiger partial charge in [-0.2, -0.15) is 12.6 Å². The first-order valence-electron chi connectivity index (χ1n) is 6.10. The molecule has 0 aliphatic rings. The molecule has 0 saturated carbocycles. The number of methoxy groups -OCH3 is 1. The third-order valence-corrected chi connectivity index (χ3v) is 3.60. The van der Waals surface area contributed by atoms with Gasteiger partial charge in [-0.1, -0.05) is 54.6 Å². The summed E-state index contributed by atoms with van der Waals surface area (Å²) in [5, 5.41) is -0.0398. The lowest BCUT2D eigenvalue weighted by molar-refractivity contribution is -0.139. The number of hydrogen-bond donors (Lipinski definition) is 1. The Morgan fingerprint density at radius 1 is 1.11 bits per heavy atom. The van der Waals surface area contributed by atoms with Crippen LogP contribution in [-0.4, -0.2) is 13.1 Å². The lowest BCUT2D eigenvalue weighted by Crippen LogP contribution is -2.08. The second kappa shape index (κ2) is 6.43. The molecule has 2 nitrogen and oxygen atoms in total. The van der Waals surface area contributed by atoms with Crippen molar-refractivity contribution in [3.8, 4) is 0 Å². The van der Waals surface area contributed by atoms with E-state index in [2.05, 4.69) is 12.6 Å². The summed E-state index contributed by atoms with van der Waals surface area (Å²) >= 11 is 4.68. The molecule has 1 atom stereocenters. The summed E-state index contributed by atoms with van der Waals surface area (Å²) in [6.07, 6.45) is 0.274. The molecule has 0 aliphatic carbocycles. The van der Waals surface area contributed by atoms with Crippen LogP contribution < -0.4 is 0 Å². The molecule has 98 valence electrons. The van der Waals surface area contributed by atoms with Crippen LogP contribution in [0.15, 0.2) is 54.6 Å². The maximum absolute atomic E-state index is 11.4. The number of carbonyl (C=O) groups is 1. The minimum atomic E-state index is -0.235. The first-order valence-corrected chi connectivity index (χ1v) is 6.61. The Bertz CT molecular complexity index is 552. The first-order chi connectivity index (χ1) is 9.22. The van der Waals surface area contributed by atoms with Crippen LogP contribution in [0.1, 0.15) is 21.9 Å². The van der Waals surface area contributed by atoms with E-state index in [-0.39, 0.29) is 17.6 Å². The smallest absolute Gasteiger partial charge is 0.309 e. The molecule has 1 unspecified atom stereocenters. The topological polar surface area (TPSA) is 26.3 Å². The van der Waals surface area contributed by atoms with Gasteiger partial charge in [0.2, 0.25) is 0 Å². The monoisotopic (exact) mass is 272 g/mol. The zero-order chi connectivity index (χ0) is 13.7. The molecule has 2 aromatic carbocycles. The zero-order valence-electron chi connectivity index (χ0n) is 10.7. The van der Waals surface area contributed by atoms with Crippen molar-refractivity contribution in [2.24, 2.45) is 0 Å². The third-order valence-electron chi connectivity index (χ3n) is 3.03. The van der Waals surface area contributed by atoms with Gasteiger partial charge in [0.1, 0.15) is 0 Å². The van der Waals surface area contributed by atoms with Crippen LogP contribution in [0.25, 0.3) is 0 Å². The maximum Gasteiger partial charge on any atom is 0.309 e. The van der Waals surface area contributed by atoms with E-state index in [1.165, 1.54) is 7.11 Å². The lowest BCUT2D eigenvalue weighted by Gasteiger charge is -2.15. The first kappa shape index (κ1) is 13.7. The van der Waals surface area contributed by atoms with E-state index in [1.54, 1.807) is 0 Å². The van der Waals surface area contributed by atoms with Gasteiger partial charge >= 0.3 is 5.97 Å². The molecule has 2 rings (SSSR count). The van der Waals surface area contributed by atoms with Crippen LogP contribution in [0.2, 0.25) is 0 Å². The van der Waals surface area contributed by atoms with Crippen LogP contribution in [0.4, 0.5) is 0 Å². The fourth-order valence-electron chi connectivity index (χ4n) is 2.00. The molecule has 0 N–H and O–H groups in total. The SMILES string of the molecule is COC(=O)Cc1ccccc1C(S)c1ccccc1. The number of thiol groups is 1. The molecular formula is C16H16O2S. The van der Waals surface area contributed by atoms with E-state index in [0.29, 0.717) is 0 Å². The van der Waals surface area contributed by atoms with Gasteiger partial charge in [0.15, 0.2) is 0 Å². The number of hydrogen-bond acceptors (Lipinski definition) is 3. The maximum atomic E-state index is 11.4. The number of rotatable bonds is 4. The van der Waals surface area contributed by atoms with Gasteiger partial charge in [-0.25, -0.2) is 0 Å². The largest absolute Gasteiger partial charge is 0.469 e. The molecule has 0 amide bonds. The average molecular weight is 272 g/mol. The fraction of sp³-hybridized carbons (Fsp3) is 0.188. The van der Waals surface area contributed by atoms with Gasteiger partial charge in [-0.15, -0.1) is 0 Å². The molecule has 0 aliphatic heterocycles. The van der Waals surface area contributed by atoms with E-state index in [4.69, 9.17) is 4.74 Å². The minimum Gasteiger partial charge on any atom is -0.469 e. The lowest BCUT2D eigenvalue weighted by atomic mass is 9.97. The summed E-state index contributed by atoms with van der Waals surface area (Å²) in [5.74, 6) is -0.235. The number of carbonyl (C=O) groups excluding carboxylic acids is 1. The molecule has 0 radical (unpaired) electrons. The van der Waals surface area contributed by atoms with Crippen molar-refractivity contribution in [1.82, 2.24) is 0 Å². The second-order valence-electron chi connectivity index (χ2n) is 4.26. The van der Waals surface area contributed by atoms with Crippen molar-refractivity contribution in [1.29, 1.82) is 0 Å². The van der Waals surface area contributed by atoms with Gasteiger partial charge in [0.25, 0.3) is 0 Å². The fourth-order valence-corrected chi connectivity index (χ4v) is 2.43. The predicted molar refractivity (Wildman–Crippen MR) is 79.4 cm³/mol. The predicted octanol–water partition coefficient (Wildman–Crippen LogP) is 3.42. The molecule has 0 aromatic heterocycles. The van der Waals surface area contributed by atoms with Gasteiger partial charge in [-0.3, -0.25) is 4.79 Å². The second-order valence-corrected chi connectivity index (χ2v) is 4.78. The summed E-state index contributed by atoms with van der Waals surface area (Å²) in [5.41, 5.74) is 3.11. The third kappa shape index (κ3) is 3.38. The summed E-state index contributed by atoms with van der Waals surface area (Å²) in [4.78, 5) is 11.4. The van der Waals surface area contributed by atoms with E-state index in [0.717, 1.165) is 16.7 Å². The molecule has 0 fully saturated rings. The van der Waals surface area contributed by atoms with Crippen molar-refractivity contribution in [2.75, 3.05) is 7.11 Å². The highest BCUT2D eigenvalue weighted by molar-refractivity contribution is 7.80. The molecule has 0 saturated heterocycles. The van der Waals surface area contributed by atoms with E-state index >= 15 is 0 Å². The summed E-state index contributed by atoms with van der Waals surface area (Å²) in [7, 11) is 1.40. The van der Waals surface area contributed by atoms with Crippen molar-refractivity contribution >= 4 is 18.6 Å². The Kier molecular flexibility index (Phi) is 4.63. The Morgan fingerprint density at radius 3 is 2.42 bits per heavy atom. The molecule has 0 bridgehead atoms. The Labute approximate surface area is 118 Å². The Balaban J connectivity index is 2.31. The van der Waals surface area contributed by atoms with Crippen LogP contribution in [0, 0.1) is 0 Å². The van der Waals surface area contributed by atoms with Crippen LogP contribution in [-0.2, 0) is 16.0 Å². The van der Waals surface area contributed by atoms with Crippen LogP contribution >= 0.6 is 12.6 Å². The summed E-state index contributed by atoms with van der Waals surface area (Å²) < 4.78 is 4.73. The van der Waals surface area contributed by atoms with Crippen molar-refractivity contribution in [3.05, 3.63) is 71.3 Å². The van der Waals surface area contributed by atoms with Gasteiger partial charge < -0.3 is 4.74 Å². The quantitative estimate of drug-likeness (QED) is 0.682. The molecule has 2 aromatic rings. The van der Waals surface area contributed by atoms with Crippen LogP contribution in [0.3, 0.4) is 0 Å². The van der Waals surface area contributed by atoms with E-state index in [1.807, 2.05) is 54.6 Å². The average Bonchev–Trinajstić information content (AvgIpc) is 2.48. The molecule has 19 heavy (non-hydrogen) atoms. The van der Waals surface area contributed by atoms with E-state index < -0.39 is 0 Å². The van der Waals surface area contributed by atoms with E-state index in [9.17, 15) is 4.79 Å².